The van der Waals surface area contributed by atoms with E-state index in [4.69, 9.17) is 0 Å². The third-order valence-electron chi connectivity index (χ3n) is 1.89. The molecule has 0 fully saturated rings. The second-order valence-electron chi connectivity index (χ2n) is 3.73. The molecule has 5 heteroatoms. The van der Waals surface area contributed by atoms with Gasteiger partial charge in [0.2, 0.25) is 0 Å². The zero-order valence-corrected chi connectivity index (χ0v) is 10.4. The van der Waals surface area contributed by atoms with Gasteiger partial charge in [0.05, 0.1) is 12.2 Å². The van der Waals surface area contributed by atoms with Crippen molar-refractivity contribution in [3.63, 3.8) is 0 Å². The molecule has 0 unspecified atom stereocenters. The molecule has 1 rings (SSSR count). The van der Waals surface area contributed by atoms with Crippen LogP contribution in [-0.2, 0) is 6.54 Å². The van der Waals surface area contributed by atoms with Crippen molar-refractivity contribution in [3.05, 3.63) is 15.6 Å². The number of hydrogen-bond donors (Lipinski definition) is 2. The van der Waals surface area contributed by atoms with Crippen molar-refractivity contribution >= 4 is 17.4 Å². The Labute approximate surface area is 94.1 Å². The maximum Gasteiger partial charge on any atom is 0.315 e. The Morgan fingerprint density at radius 3 is 2.60 bits per heavy atom. The van der Waals surface area contributed by atoms with Crippen LogP contribution in [0.15, 0.2) is 0 Å². The molecule has 0 atom stereocenters. The van der Waals surface area contributed by atoms with Gasteiger partial charge in [-0.3, -0.25) is 0 Å². The first kappa shape index (κ1) is 12.0. The molecule has 0 saturated heterocycles. The van der Waals surface area contributed by atoms with Gasteiger partial charge in [0.1, 0.15) is 5.01 Å². The van der Waals surface area contributed by atoms with Gasteiger partial charge >= 0.3 is 6.03 Å². The summed E-state index contributed by atoms with van der Waals surface area (Å²) in [4.78, 5) is 16.8. The van der Waals surface area contributed by atoms with E-state index in [0.29, 0.717) is 6.54 Å². The zero-order valence-electron chi connectivity index (χ0n) is 9.55. The van der Waals surface area contributed by atoms with Gasteiger partial charge < -0.3 is 10.6 Å². The van der Waals surface area contributed by atoms with E-state index in [1.165, 1.54) is 4.88 Å². The largest absolute Gasteiger partial charge is 0.336 e. The third kappa shape index (κ3) is 3.87. The number of hydrogen-bond acceptors (Lipinski definition) is 3. The monoisotopic (exact) mass is 227 g/mol. The number of thiazole rings is 1. The van der Waals surface area contributed by atoms with Crippen molar-refractivity contribution in [2.75, 3.05) is 0 Å². The lowest BCUT2D eigenvalue weighted by molar-refractivity contribution is 0.238. The molecule has 84 valence electrons. The highest BCUT2D eigenvalue weighted by molar-refractivity contribution is 7.11. The summed E-state index contributed by atoms with van der Waals surface area (Å²) in [6, 6.07) is 0.0141. The van der Waals surface area contributed by atoms with Gasteiger partial charge in [0.15, 0.2) is 0 Å². The summed E-state index contributed by atoms with van der Waals surface area (Å²) in [6.45, 7) is 8.36. The summed E-state index contributed by atoms with van der Waals surface area (Å²) < 4.78 is 0. The number of amides is 2. The topological polar surface area (TPSA) is 54.0 Å². The normalized spacial score (nSPS) is 10.5. The summed E-state index contributed by atoms with van der Waals surface area (Å²) in [5.41, 5.74) is 1.04. The molecule has 4 nitrogen and oxygen atoms in total. The first-order valence-electron chi connectivity index (χ1n) is 4.96. The van der Waals surface area contributed by atoms with Gasteiger partial charge in [0, 0.05) is 10.9 Å². The zero-order chi connectivity index (χ0) is 11.4. The van der Waals surface area contributed by atoms with E-state index in [0.717, 1.165) is 10.7 Å². The Balaban J connectivity index is 2.40. The van der Waals surface area contributed by atoms with Crippen molar-refractivity contribution in [1.29, 1.82) is 0 Å². The Kier molecular flexibility index (Phi) is 4.08. The van der Waals surface area contributed by atoms with E-state index in [2.05, 4.69) is 15.6 Å². The van der Waals surface area contributed by atoms with E-state index in [1.807, 2.05) is 27.7 Å². The fourth-order valence-corrected chi connectivity index (χ4v) is 1.96. The standard InChI is InChI=1S/C10H17N3OS/c1-6(2)12-10(14)11-5-9-13-7(3)8(4)15-9/h6H,5H2,1-4H3,(H2,11,12,14). The summed E-state index contributed by atoms with van der Waals surface area (Å²) in [6.07, 6.45) is 0. The van der Waals surface area contributed by atoms with Crippen LogP contribution in [0.1, 0.15) is 29.4 Å². The molecular weight excluding hydrogens is 210 g/mol. The minimum Gasteiger partial charge on any atom is -0.336 e. The Morgan fingerprint density at radius 2 is 2.13 bits per heavy atom. The molecule has 0 radical (unpaired) electrons. The molecular formula is C10H17N3OS. The number of aromatic nitrogens is 1. The number of urea groups is 1. The van der Waals surface area contributed by atoms with E-state index >= 15 is 0 Å². The fourth-order valence-electron chi connectivity index (χ4n) is 1.08. The van der Waals surface area contributed by atoms with E-state index in [9.17, 15) is 4.79 Å². The van der Waals surface area contributed by atoms with Gasteiger partial charge in [-0.25, -0.2) is 9.78 Å². The lowest BCUT2D eigenvalue weighted by atomic mass is 10.4. The van der Waals surface area contributed by atoms with Crippen LogP contribution in [0.5, 0.6) is 0 Å². The molecule has 0 saturated carbocycles. The third-order valence-corrected chi connectivity index (χ3v) is 2.97. The number of carbonyl (C=O) groups excluding carboxylic acids is 1. The van der Waals surface area contributed by atoms with Crippen molar-refractivity contribution in [1.82, 2.24) is 15.6 Å². The van der Waals surface area contributed by atoms with Gasteiger partial charge in [-0.1, -0.05) is 0 Å². The van der Waals surface area contributed by atoms with Gasteiger partial charge in [-0.2, -0.15) is 0 Å². The molecule has 15 heavy (non-hydrogen) atoms. The van der Waals surface area contributed by atoms with Crippen LogP contribution in [0.25, 0.3) is 0 Å². The van der Waals surface area contributed by atoms with Gasteiger partial charge in [-0.05, 0) is 27.7 Å². The molecule has 1 heterocycles. The average molecular weight is 227 g/mol. The molecule has 2 amide bonds. The second kappa shape index (κ2) is 5.11. The Bertz CT molecular complexity index is 327. The van der Waals surface area contributed by atoms with Crippen LogP contribution < -0.4 is 10.6 Å². The van der Waals surface area contributed by atoms with Crippen LogP contribution in [0.4, 0.5) is 4.79 Å². The first-order chi connectivity index (χ1) is 6.99. The van der Waals surface area contributed by atoms with Crippen molar-refractivity contribution in [2.45, 2.75) is 40.3 Å². The van der Waals surface area contributed by atoms with Crippen LogP contribution in [0, 0.1) is 13.8 Å². The summed E-state index contributed by atoms with van der Waals surface area (Å²) in [5, 5.41) is 6.48. The number of nitrogens with one attached hydrogen (secondary N) is 2. The Hall–Kier alpha value is -1.10. The summed E-state index contributed by atoms with van der Waals surface area (Å²) in [7, 11) is 0. The molecule has 0 aliphatic carbocycles. The van der Waals surface area contributed by atoms with Crippen LogP contribution in [0.3, 0.4) is 0 Å². The summed E-state index contributed by atoms with van der Waals surface area (Å²) >= 11 is 1.62. The predicted octanol–water partition coefficient (Wildman–Crippen LogP) is 1.97. The molecule has 0 aliphatic heterocycles. The second-order valence-corrected chi connectivity index (χ2v) is 5.02. The fraction of sp³-hybridized carbons (Fsp3) is 0.600. The number of carbonyl (C=O) groups is 1. The van der Waals surface area contributed by atoms with Gasteiger partial charge in [-0.15, -0.1) is 11.3 Å². The van der Waals surface area contributed by atoms with Crippen LogP contribution in [0.2, 0.25) is 0 Å². The van der Waals surface area contributed by atoms with E-state index in [-0.39, 0.29) is 12.1 Å². The van der Waals surface area contributed by atoms with E-state index in [1.54, 1.807) is 11.3 Å². The molecule has 0 aromatic carbocycles. The SMILES string of the molecule is Cc1nc(CNC(=O)NC(C)C)sc1C. The highest BCUT2D eigenvalue weighted by Crippen LogP contribution is 2.15. The maximum absolute atomic E-state index is 11.3. The predicted molar refractivity (Wildman–Crippen MR) is 62.1 cm³/mol. The molecule has 1 aromatic rings. The smallest absolute Gasteiger partial charge is 0.315 e. The minimum atomic E-state index is -0.143. The molecule has 2 N–H and O–H groups in total. The number of aryl methyl sites for hydroxylation is 2. The van der Waals surface area contributed by atoms with Crippen molar-refractivity contribution in [3.8, 4) is 0 Å². The van der Waals surface area contributed by atoms with E-state index < -0.39 is 0 Å². The highest BCUT2D eigenvalue weighted by Gasteiger charge is 2.06. The summed E-state index contributed by atoms with van der Waals surface area (Å²) in [5.74, 6) is 0. The highest BCUT2D eigenvalue weighted by atomic mass is 32.1. The molecule has 1 aromatic heterocycles. The molecule has 0 aliphatic rings. The minimum absolute atomic E-state index is 0.143. The van der Waals surface area contributed by atoms with Gasteiger partial charge in [0.25, 0.3) is 0 Å². The average Bonchev–Trinajstić information content (AvgIpc) is 2.42. The van der Waals surface area contributed by atoms with Crippen LogP contribution in [-0.4, -0.2) is 17.1 Å². The van der Waals surface area contributed by atoms with Crippen molar-refractivity contribution in [2.24, 2.45) is 0 Å². The quantitative estimate of drug-likeness (QED) is 0.829. The maximum atomic E-state index is 11.3. The molecule has 0 spiro atoms. The lowest BCUT2D eigenvalue weighted by Gasteiger charge is -2.08. The van der Waals surface area contributed by atoms with Crippen LogP contribution >= 0.6 is 11.3 Å². The Morgan fingerprint density at radius 1 is 1.47 bits per heavy atom. The number of nitrogens with zero attached hydrogens (tertiary/aromatic N) is 1. The van der Waals surface area contributed by atoms with Crippen molar-refractivity contribution < 1.29 is 4.79 Å². The first-order valence-corrected chi connectivity index (χ1v) is 5.78. The lowest BCUT2D eigenvalue weighted by Crippen LogP contribution is -2.39. The number of rotatable bonds is 3. The molecule has 0 bridgehead atoms.